The Balaban J connectivity index is 2.16. The number of halogens is 1. The molecular formula is C12H16ClNOS. The van der Waals surface area contributed by atoms with Gasteiger partial charge in [0.2, 0.25) is 0 Å². The second kappa shape index (κ2) is 5.30. The third-order valence-electron chi connectivity index (χ3n) is 3.07. The molecule has 1 saturated heterocycles. The highest BCUT2D eigenvalue weighted by Gasteiger charge is 2.20. The van der Waals surface area contributed by atoms with Crippen molar-refractivity contribution in [1.82, 2.24) is 0 Å². The summed E-state index contributed by atoms with van der Waals surface area (Å²) in [5.41, 5.74) is 1.93. The summed E-state index contributed by atoms with van der Waals surface area (Å²) in [5.74, 6) is 2.44. The number of aliphatic hydroxyl groups excluding tert-OH is 1. The smallest absolute Gasteiger partial charge is 0.0696 e. The lowest BCUT2D eigenvalue weighted by molar-refractivity contribution is 0.282. The largest absolute Gasteiger partial charge is 0.392 e. The number of anilines is 1. The van der Waals surface area contributed by atoms with Crippen molar-refractivity contribution >= 4 is 29.1 Å². The highest BCUT2D eigenvalue weighted by Crippen LogP contribution is 2.28. The van der Waals surface area contributed by atoms with Gasteiger partial charge in [0.15, 0.2) is 0 Å². The van der Waals surface area contributed by atoms with Gasteiger partial charge in [0.05, 0.1) is 6.61 Å². The Morgan fingerprint density at radius 2 is 2.38 bits per heavy atom. The normalized spacial score (nSPS) is 20.1. The molecule has 4 heteroatoms. The first-order valence-electron chi connectivity index (χ1n) is 5.42. The molecule has 0 aromatic heterocycles. The first-order valence-corrected chi connectivity index (χ1v) is 6.95. The Bertz CT molecular complexity index is 366. The molecule has 0 saturated carbocycles. The quantitative estimate of drug-likeness (QED) is 0.901. The highest BCUT2D eigenvalue weighted by molar-refractivity contribution is 7.99. The summed E-state index contributed by atoms with van der Waals surface area (Å²) >= 11 is 8.09. The van der Waals surface area contributed by atoms with Crippen molar-refractivity contribution in [3.63, 3.8) is 0 Å². The molecule has 2 nitrogen and oxygen atoms in total. The summed E-state index contributed by atoms with van der Waals surface area (Å²) < 4.78 is 0. The van der Waals surface area contributed by atoms with Gasteiger partial charge in [-0.05, 0) is 29.9 Å². The predicted octanol–water partition coefficient (Wildman–Crippen LogP) is 2.77. The second-order valence-electron chi connectivity index (χ2n) is 4.06. The number of benzene rings is 1. The van der Waals surface area contributed by atoms with Crippen LogP contribution in [-0.4, -0.2) is 29.7 Å². The molecule has 1 aromatic rings. The van der Waals surface area contributed by atoms with Crippen LogP contribution in [-0.2, 0) is 6.61 Å². The molecular weight excluding hydrogens is 242 g/mol. The number of rotatable bonds is 3. The molecule has 0 aliphatic carbocycles. The lowest BCUT2D eigenvalue weighted by Gasteiger charge is -2.26. The van der Waals surface area contributed by atoms with Gasteiger partial charge in [0, 0.05) is 29.6 Å². The molecule has 88 valence electrons. The van der Waals surface area contributed by atoms with Crippen LogP contribution in [0.15, 0.2) is 18.2 Å². The molecule has 1 aliphatic rings. The monoisotopic (exact) mass is 257 g/mol. The molecule has 16 heavy (non-hydrogen) atoms. The second-order valence-corrected chi connectivity index (χ2v) is 5.62. The summed E-state index contributed by atoms with van der Waals surface area (Å²) in [4.78, 5) is 2.28. The zero-order valence-electron chi connectivity index (χ0n) is 9.32. The fourth-order valence-electron chi connectivity index (χ4n) is 1.92. The van der Waals surface area contributed by atoms with E-state index in [1.807, 2.05) is 30.0 Å². The minimum atomic E-state index is 0.00209. The Labute approximate surface area is 106 Å². The molecule has 1 unspecified atom stereocenters. The van der Waals surface area contributed by atoms with Crippen molar-refractivity contribution in [2.75, 3.05) is 23.5 Å². The minimum Gasteiger partial charge on any atom is -0.392 e. The van der Waals surface area contributed by atoms with Gasteiger partial charge in [0.1, 0.15) is 0 Å². The van der Waals surface area contributed by atoms with Crippen LogP contribution < -0.4 is 4.90 Å². The highest BCUT2D eigenvalue weighted by atomic mass is 35.5. The van der Waals surface area contributed by atoms with Crippen molar-refractivity contribution in [2.45, 2.75) is 19.1 Å². The summed E-state index contributed by atoms with van der Waals surface area (Å²) in [7, 11) is 2.11. The maximum absolute atomic E-state index is 9.06. The average Bonchev–Trinajstić information content (AvgIpc) is 2.81. The van der Waals surface area contributed by atoms with Crippen LogP contribution in [0.25, 0.3) is 0 Å². The SMILES string of the molecule is CN(c1ccc(CO)c(Cl)c1)C1CCSC1. The number of hydrogen-bond acceptors (Lipinski definition) is 3. The summed E-state index contributed by atoms with van der Waals surface area (Å²) in [5, 5.41) is 9.71. The van der Waals surface area contributed by atoms with Gasteiger partial charge in [-0.3, -0.25) is 0 Å². The van der Waals surface area contributed by atoms with Gasteiger partial charge in [-0.15, -0.1) is 0 Å². The van der Waals surface area contributed by atoms with E-state index in [1.165, 1.54) is 17.9 Å². The first-order chi connectivity index (χ1) is 7.72. The van der Waals surface area contributed by atoms with E-state index in [9.17, 15) is 0 Å². The third kappa shape index (κ3) is 2.47. The predicted molar refractivity (Wildman–Crippen MR) is 71.5 cm³/mol. The maximum Gasteiger partial charge on any atom is 0.0696 e. The molecule has 1 heterocycles. The number of nitrogens with zero attached hydrogens (tertiary/aromatic N) is 1. The number of aliphatic hydroxyl groups is 1. The Morgan fingerprint density at radius 3 is 2.94 bits per heavy atom. The van der Waals surface area contributed by atoms with Gasteiger partial charge in [-0.2, -0.15) is 11.8 Å². The lowest BCUT2D eigenvalue weighted by atomic mass is 10.1. The number of thioether (sulfide) groups is 1. The van der Waals surface area contributed by atoms with Crippen molar-refractivity contribution in [1.29, 1.82) is 0 Å². The van der Waals surface area contributed by atoms with Crippen molar-refractivity contribution in [3.8, 4) is 0 Å². The molecule has 0 radical (unpaired) electrons. The van der Waals surface area contributed by atoms with Gasteiger partial charge in [-0.1, -0.05) is 17.7 Å². The third-order valence-corrected chi connectivity index (χ3v) is 4.56. The van der Waals surface area contributed by atoms with E-state index >= 15 is 0 Å². The van der Waals surface area contributed by atoms with E-state index in [-0.39, 0.29) is 6.61 Å². The zero-order chi connectivity index (χ0) is 11.5. The van der Waals surface area contributed by atoms with Gasteiger partial charge in [0.25, 0.3) is 0 Å². The Hall–Kier alpha value is -0.380. The zero-order valence-corrected chi connectivity index (χ0v) is 10.9. The molecule has 1 aromatic carbocycles. The van der Waals surface area contributed by atoms with Gasteiger partial charge in [-0.25, -0.2) is 0 Å². The molecule has 1 fully saturated rings. The van der Waals surface area contributed by atoms with E-state index in [0.717, 1.165) is 11.3 Å². The van der Waals surface area contributed by atoms with E-state index in [2.05, 4.69) is 11.9 Å². The molecule has 1 N–H and O–H groups in total. The van der Waals surface area contributed by atoms with Crippen molar-refractivity contribution in [3.05, 3.63) is 28.8 Å². The molecule has 0 spiro atoms. The first kappa shape index (κ1) is 12.1. The van der Waals surface area contributed by atoms with Crippen LogP contribution in [0.5, 0.6) is 0 Å². The molecule has 0 amide bonds. The molecule has 2 rings (SSSR count). The molecule has 0 bridgehead atoms. The van der Waals surface area contributed by atoms with E-state index < -0.39 is 0 Å². The Kier molecular flexibility index (Phi) is 4.00. The van der Waals surface area contributed by atoms with Crippen LogP contribution in [0.2, 0.25) is 5.02 Å². The van der Waals surface area contributed by atoms with Crippen LogP contribution in [0.3, 0.4) is 0 Å². The van der Waals surface area contributed by atoms with Crippen molar-refractivity contribution in [2.24, 2.45) is 0 Å². The van der Waals surface area contributed by atoms with E-state index in [4.69, 9.17) is 16.7 Å². The summed E-state index contributed by atoms with van der Waals surface area (Å²) in [6, 6.07) is 6.48. The number of hydrogen-bond donors (Lipinski definition) is 1. The fourth-order valence-corrected chi connectivity index (χ4v) is 3.42. The maximum atomic E-state index is 9.06. The van der Waals surface area contributed by atoms with Crippen LogP contribution in [0.1, 0.15) is 12.0 Å². The van der Waals surface area contributed by atoms with E-state index in [1.54, 1.807) is 0 Å². The summed E-state index contributed by atoms with van der Waals surface area (Å²) in [6.07, 6.45) is 1.24. The molecule has 1 atom stereocenters. The van der Waals surface area contributed by atoms with Crippen LogP contribution in [0, 0.1) is 0 Å². The standard InChI is InChI=1S/C12H16ClNOS/c1-14(11-4-5-16-8-11)10-3-2-9(7-15)12(13)6-10/h2-3,6,11,15H,4-5,7-8H2,1H3. The van der Waals surface area contributed by atoms with Crippen LogP contribution >= 0.6 is 23.4 Å². The topological polar surface area (TPSA) is 23.5 Å². The van der Waals surface area contributed by atoms with Gasteiger partial charge >= 0.3 is 0 Å². The lowest BCUT2D eigenvalue weighted by Crippen LogP contribution is -2.31. The fraction of sp³-hybridized carbons (Fsp3) is 0.500. The average molecular weight is 258 g/mol. The minimum absolute atomic E-state index is 0.00209. The van der Waals surface area contributed by atoms with E-state index in [0.29, 0.717) is 11.1 Å². The summed E-state index contributed by atoms with van der Waals surface area (Å²) in [6.45, 7) is 0.00209. The van der Waals surface area contributed by atoms with Crippen LogP contribution in [0.4, 0.5) is 5.69 Å². The molecule has 1 aliphatic heterocycles. The van der Waals surface area contributed by atoms with Crippen molar-refractivity contribution < 1.29 is 5.11 Å². The van der Waals surface area contributed by atoms with Gasteiger partial charge < -0.3 is 10.0 Å². The Morgan fingerprint density at radius 1 is 1.56 bits per heavy atom.